The average molecular weight is 759 g/mol. The molecule has 53 heavy (non-hydrogen) atoms. The van der Waals surface area contributed by atoms with Crippen LogP contribution in [-0.4, -0.2) is 87.0 Å². The number of hydrogen-bond donors (Lipinski definition) is 6. The zero-order chi connectivity index (χ0) is 39.8. The molecule has 6 N–H and O–H groups in total. The smallest absolute Gasteiger partial charge is 0.303 e. The van der Waals surface area contributed by atoms with E-state index < -0.39 is 49.3 Å². The van der Waals surface area contributed by atoms with Crippen molar-refractivity contribution in [1.29, 1.82) is 0 Å². The second-order valence-electron chi connectivity index (χ2n) is 14.4. The van der Waals surface area contributed by atoms with Crippen LogP contribution in [0.25, 0.3) is 0 Å². The fourth-order valence-corrected chi connectivity index (χ4v) is 5.96. The number of aliphatic carboxylic acids is 2. The van der Waals surface area contributed by atoms with Crippen molar-refractivity contribution >= 4 is 11.9 Å². The second-order valence-corrected chi connectivity index (χ2v) is 14.4. The maximum absolute atomic E-state index is 10.3. The van der Waals surface area contributed by atoms with Gasteiger partial charge in [-0.25, -0.2) is 0 Å². The molecule has 0 aromatic rings. The Labute approximate surface area is 323 Å². The first-order valence-corrected chi connectivity index (χ1v) is 21.2. The van der Waals surface area contributed by atoms with Gasteiger partial charge in [-0.05, 0) is 64.2 Å². The summed E-state index contributed by atoms with van der Waals surface area (Å²) >= 11 is 0. The quantitative estimate of drug-likeness (QED) is 0.0286. The highest BCUT2D eigenvalue weighted by atomic mass is 16.7. The Kier molecular flexibility index (Phi) is 41.6. The summed E-state index contributed by atoms with van der Waals surface area (Å²) in [4.78, 5) is 20.6. The lowest BCUT2D eigenvalue weighted by molar-refractivity contribution is -0.294. The number of methoxy groups -OCH3 is 1. The van der Waals surface area contributed by atoms with E-state index in [9.17, 15) is 24.9 Å². The number of aliphatic hydroxyl groups excluding tert-OH is 4. The molecule has 0 aromatic carbocycles. The highest BCUT2D eigenvalue weighted by Crippen LogP contribution is 2.21. The van der Waals surface area contributed by atoms with Crippen molar-refractivity contribution in [3.8, 4) is 0 Å². The number of unbranched alkanes of at least 4 members (excludes halogenated alkanes) is 22. The van der Waals surface area contributed by atoms with Gasteiger partial charge in [-0.2, -0.15) is 0 Å². The fourth-order valence-electron chi connectivity index (χ4n) is 5.96. The second kappa shape index (κ2) is 41.3. The van der Waals surface area contributed by atoms with Gasteiger partial charge in [0.25, 0.3) is 0 Å². The number of carboxylic acid groups (broad SMARTS) is 2. The summed E-state index contributed by atoms with van der Waals surface area (Å²) in [5.41, 5.74) is 0. The van der Waals surface area contributed by atoms with Gasteiger partial charge >= 0.3 is 11.9 Å². The van der Waals surface area contributed by atoms with E-state index in [-0.39, 0.29) is 0 Å². The first kappa shape index (κ1) is 53.3. The highest BCUT2D eigenvalue weighted by molar-refractivity contribution is 5.66. The number of rotatable bonds is 32. The summed E-state index contributed by atoms with van der Waals surface area (Å²) in [6.07, 6.45) is 36.6. The van der Waals surface area contributed by atoms with E-state index in [1.807, 2.05) is 0 Å². The molecule has 1 aliphatic heterocycles. The molecule has 0 saturated carbocycles. The molecule has 0 bridgehead atoms. The minimum atomic E-state index is -1.36. The summed E-state index contributed by atoms with van der Waals surface area (Å²) < 4.78 is 9.65. The van der Waals surface area contributed by atoms with Crippen molar-refractivity contribution in [2.75, 3.05) is 13.7 Å². The van der Waals surface area contributed by atoms with Crippen LogP contribution in [0.3, 0.4) is 0 Å². The molecular formula is C43H82O10. The zero-order valence-corrected chi connectivity index (χ0v) is 34.0. The van der Waals surface area contributed by atoms with Crippen LogP contribution in [0.4, 0.5) is 0 Å². The molecule has 314 valence electrons. The molecular weight excluding hydrogens is 676 g/mol. The minimum absolute atomic E-state index is 0.332. The Hall–Kier alpha value is -1.82. The van der Waals surface area contributed by atoms with E-state index in [2.05, 4.69) is 38.2 Å². The van der Waals surface area contributed by atoms with Gasteiger partial charge in [0, 0.05) is 20.0 Å². The van der Waals surface area contributed by atoms with E-state index in [1.165, 1.54) is 148 Å². The predicted molar refractivity (Wildman–Crippen MR) is 215 cm³/mol. The van der Waals surface area contributed by atoms with Gasteiger partial charge in [-0.1, -0.05) is 141 Å². The summed E-state index contributed by atoms with van der Waals surface area (Å²) in [5.74, 6) is -1.33. The van der Waals surface area contributed by atoms with E-state index in [0.29, 0.717) is 12.8 Å². The number of hydrogen-bond acceptors (Lipinski definition) is 8. The number of aliphatic hydroxyl groups is 4. The Morgan fingerprint density at radius 2 is 0.830 bits per heavy atom. The van der Waals surface area contributed by atoms with Gasteiger partial charge in [0.05, 0.1) is 6.61 Å². The van der Waals surface area contributed by atoms with Crippen molar-refractivity contribution in [1.82, 2.24) is 0 Å². The lowest BCUT2D eigenvalue weighted by Gasteiger charge is -2.38. The molecule has 0 aromatic heterocycles. The lowest BCUT2D eigenvalue weighted by atomic mass is 9.99. The highest BCUT2D eigenvalue weighted by Gasteiger charge is 2.43. The molecule has 1 aliphatic rings. The Morgan fingerprint density at radius 1 is 0.509 bits per heavy atom. The van der Waals surface area contributed by atoms with Gasteiger partial charge < -0.3 is 40.1 Å². The van der Waals surface area contributed by atoms with Crippen LogP contribution >= 0.6 is 0 Å². The molecule has 1 unspecified atom stereocenters. The first-order chi connectivity index (χ1) is 25.7. The molecule has 5 atom stereocenters. The maximum Gasteiger partial charge on any atom is 0.303 e. The van der Waals surface area contributed by atoms with Crippen LogP contribution in [0.5, 0.6) is 0 Å². The van der Waals surface area contributed by atoms with Crippen molar-refractivity contribution < 1.29 is 49.7 Å². The summed E-state index contributed by atoms with van der Waals surface area (Å²) in [5, 5.41) is 53.6. The molecule has 0 radical (unpaired) electrons. The topological polar surface area (TPSA) is 174 Å². The monoisotopic (exact) mass is 759 g/mol. The Balaban J connectivity index is 0. The molecule has 1 rings (SSSR count). The number of ether oxygens (including phenoxy) is 2. The Morgan fingerprint density at radius 3 is 1.13 bits per heavy atom. The van der Waals surface area contributed by atoms with Gasteiger partial charge in [0.15, 0.2) is 6.29 Å². The minimum Gasteiger partial charge on any atom is -0.481 e. The molecule has 0 amide bonds. The zero-order valence-electron chi connectivity index (χ0n) is 34.0. The average Bonchev–Trinajstić information content (AvgIpc) is 3.14. The molecule has 1 saturated heterocycles. The maximum atomic E-state index is 10.3. The van der Waals surface area contributed by atoms with Crippen molar-refractivity contribution in [2.24, 2.45) is 0 Å². The van der Waals surface area contributed by atoms with Crippen molar-refractivity contribution in [2.45, 2.75) is 224 Å². The predicted octanol–water partition coefficient (Wildman–Crippen LogP) is 9.65. The number of allylic oxidation sites excluding steroid dienone is 4. The molecule has 1 fully saturated rings. The summed E-state index contributed by atoms with van der Waals surface area (Å²) in [6.45, 7) is 4.08. The van der Waals surface area contributed by atoms with Crippen LogP contribution < -0.4 is 0 Å². The van der Waals surface area contributed by atoms with E-state index in [1.54, 1.807) is 0 Å². The number of carbonyl (C=O) groups is 2. The SMILES string of the molecule is CCCCCCCCC=CCCCCCCCC(=O)O.CCCCCCCCC=CCCCCCCCC(=O)O.COC1O[C@H](CO)[C@@H](O)[C@H](O)[C@H]1O. The van der Waals surface area contributed by atoms with Gasteiger partial charge in [0.2, 0.25) is 0 Å². The molecule has 0 aliphatic carbocycles. The third-order valence-electron chi connectivity index (χ3n) is 9.39. The van der Waals surface area contributed by atoms with Crippen LogP contribution in [-0.2, 0) is 19.1 Å². The molecule has 1 heterocycles. The van der Waals surface area contributed by atoms with Crippen LogP contribution in [0.2, 0.25) is 0 Å². The molecule has 0 spiro atoms. The van der Waals surface area contributed by atoms with E-state index in [4.69, 9.17) is 24.8 Å². The van der Waals surface area contributed by atoms with Crippen LogP contribution in [0.15, 0.2) is 24.3 Å². The normalized spacial score (nSPS) is 19.9. The van der Waals surface area contributed by atoms with Crippen molar-refractivity contribution in [3.05, 3.63) is 24.3 Å². The van der Waals surface area contributed by atoms with Crippen LogP contribution in [0.1, 0.15) is 194 Å². The fraction of sp³-hybridized carbons (Fsp3) is 0.860. The van der Waals surface area contributed by atoms with Crippen LogP contribution in [0, 0.1) is 0 Å². The van der Waals surface area contributed by atoms with E-state index in [0.717, 1.165) is 25.7 Å². The van der Waals surface area contributed by atoms with Gasteiger partial charge in [0.1, 0.15) is 24.4 Å². The van der Waals surface area contributed by atoms with E-state index >= 15 is 0 Å². The largest absolute Gasteiger partial charge is 0.481 e. The van der Waals surface area contributed by atoms with Crippen molar-refractivity contribution in [3.63, 3.8) is 0 Å². The number of carboxylic acids is 2. The third kappa shape index (κ3) is 36.9. The first-order valence-electron chi connectivity index (χ1n) is 21.2. The summed E-state index contributed by atoms with van der Waals surface area (Å²) in [7, 11) is 1.30. The lowest BCUT2D eigenvalue weighted by Crippen LogP contribution is -2.58. The Bertz CT molecular complexity index is 779. The molecule has 10 heteroatoms. The van der Waals surface area contributed by atoms with Gasteiger partial charge in [-0.15, -0.1) is 0 Å². The standard InChI is InChI=1S/2C18H34O2.C7H14O6/c2*1-2-3-4-5-6-7-8-9-10-11-12-13-14-15-16-17-18(19)20;1-12-7-6(11)5(10)4(9)3(2-8)13-7/h2*9-10H,2-8,11-17H2,1H3,(H,19,20);3-11H,2H2,1H3/t;;3-,4-,5+,6-,7?/m..1/s1. The summed E-state index contributed by atoms with van der Waals surface area (Å²) in [6, 6.07) is 0. The molecule has 10 nitrogen and oxygen atoms in total. The van der Waals surface area contributed by atoms with Gasteiger partial charge in [-0.3, -0.25) is 9.59 Å². The third-order valence-corrected chi connectivity index (χ3v) is 9.39.